The smallest absolute Gasteiger partial charge is 0.247 e. The van der Waals surface area contributed by atoms with E-state index in [9.17, 15) is 4.79 Å². The Morgan fingerprint density at radius 2 is 1.70 bits per heavy atom. The van der Waals surface area contributed by atoms with Gasteiger partial charge in [-0.1, -0.05) is 36.4 Å². The van der Waals surface area contributed by atoms with Gasteiger partial charge >= 0.3 is 0 Å². The highest BCUT2D eigenvalue weighted by atomic mass is 16.7. The van der Waals surface area contributed by atoms with Gasteiger partial charge in [-0.15, -0.1) is 0 Å². The number of anilines is 1. The van der Waals surface area contributed by atoms with Gasteiger partial charge in [0.05, 0.1) is 12.8 Å². The summed E-state index contributed by atoms with van der Waals surface area (Å²) in [5.41, 5.74) is 1.58. The van der Waals surface area contributed by atoms with Crippen molar-refractivity contribution in [2.24, 2.45) is 0 Å². The second kappa shape index (κ2) is 6.73. The van der Waals surface area contributed by atoms with E-state index in [-0.39, 0.29) is 5.91 Å². The first-order valence-electron chi connectivity index (χ1n) is 6.33. The first kappa shape index (κ1) is 14.1. The van der Waals surface area contributed by atoms with Gasteiger partial charge in [0.25, 0.3) is 0 Å². The van der Waals surface area contributed by atoms with E-state index in [1.807, 2.05) is 54.6 Å². The van der Waals surface area contributed by atoms with Gasteiger partial charge in [-0.25, -0.2) is 0 Å². The van der Waals surface area contributed by atoms with E-state index in [1.54, 1.807) is 0 Å². The summed E-state index contributed by atoms with van der Waals surface area (Å²) < 4.78 is 5.71. The lowest BCUT2D eigenvalue weighted by molar-refractivity contribution is -0.122. The number of carbonyl (C=O) groups is 1. The van der Waals surface area contributed by atoms with Gasteiger partial charge in [0.15, 0.2) is 0 Å². The summed E-state index contributed by atoms with van der Waals surface area (Å²) in [7, 11) is 1.47. The maximum Gasteiger partial charge on any atom is 0.247 e. The lowest BCUT2D eigenvalue weighted by atomic mass is 10.2. The highest BCUT2D eigenvalue weighted by Crippen LogP contribution is 2.22. The molecule has 20 heavy (non-hydrogen) atoms. The zero-order valence-electron chi connectivity index (χ0n) is 11.6. The van der Waals surface area contributed by atoms with Crippen LogP contribution in [0.4, 0.5) is 5.69 Å². The van der Waals surface area contributed by atoms with Gasteiger partial charge in [-0.05, 0) is 18.2 Å². The minimum absolute atomic E-state index is 0.181. The van der Waals surface area contributed by atoms with Crippen LogP contribution < -0.4 is 9.80 Å². The first-order valence-corrected chi connectivity index (χ1v) is 6.33. The molecule has 0 radical (unpaired) electrons. The van der Waals surface area contributed by atoms with Crippen LogP contribution in [0.1, 0.15) is 12.5 Å². The fourth-order valence-electron chi connectivity index (χ4n) is 1.91. The number of nitrogens with zero attached hydrogens (tertiary/aromatic N) is 1. The molecule has 0 aliphatic carbocycles. The maximum atomic E-state index is 11.6. The van der Waals surface area contributed by atoms with Crippen LogP contribution >= 0.6 is 0 Å². The van der Waals surface area contributed by atoms with E-state index in [0.29, 0.717) is 12.3 Å². The van der Waals surface area contributed by atoms with Crippen LogP contribution in [0.15, 0.2) is 54.6 Å². The molecule has 0 saturated carbocycles. The Kier molecular flexibility index (Phi) is 4.74. The van der Waals surface area contributed by atoms with Crippen LogP contribution in [0.5, 0.6) is 5.75 Å². The Labute approximate surface area is 118 Å². The second-order valence-electron chi connectivity index (χ2n) is 4.23. The van der Waals surface area contributed by atoms with Crippen molar-refractivity contribution >= 4 is 11.6 Å². The largest absolute Gasteiger partial charge is 0.489 e. The van der Waals surface area contributed by atoms with Crippen LogP contribution in [0, 0.1) is 0 Å². The van der Waals surface area contributed by atoms with Crippen molar-refractivity contribution in [1.29, 1.82) is 0 Å². The number of rotatable bonds is 5. The summed E-state index contributed by atoms with van der Waals surface area (Å²) in [5, 5.41) is 1.25. The molecule has 0 aromatic heterocycles. The summed E-state index contributed by atoms with van der Waals surface area (Å²) in [6.07, 6.45) is 0. The van der Waals surface area contributed by atoms with Crippen molar-refractivity contribution in [2.75, 3.05) is 12.2 Å². The molecule has 0 aliphatic rings. The second-order valence-corrected chi connectivity index (χ2v) is 4.23. The normalized spacial score (nSPS) is 10.1. The predicted molar refractivity (Wildman–Crippen MR) is 77.4 cm³/mol. The average Bonchev–Trinajstić information content (AvgIpc) is 2.48. The SMILES string of the molecule is CON(C(C)=O)c1ccccc1COc1ccccc1. The van der Waals surface area contributed by atoms with Crippen LogP contribution in [0.25, 0.3) is 0 Å². The third-order valence-electron chi connectivity index (χ3n) is 2.82. The minimum Gasteiger partial charge on any atom is -0.489 e. The third-order valence-corrected chi connectivity index (χ3v) is 2.82. The molecule has 0 fully saturated rings. The summed E-state index contributed by atoms with van der Waals surface area (Å²) in [6.45, 7) is 1.83. The van der Waals surface area contributed by atoms with E-state index in [4.69, 9.17) is 9.57 Å². The highest BCUT2D eigenvalue weighted by Gasteiger charge is 2.14. The van der Waals surface area contributed by atoms with E-state index < -0.39 is 0 Å². The van der Waals surface area contributed by atoms with Gasteiger partial charge in [-0.3, -0.25) is 9.63 Å². The predicted octanol–water partition coefficient (Wildman–Crippen LogP) is 3.18. The summed E-state index contributed by atoms with van der Waals surface area (Å²) in [6, 6.07) is 17.0. The number of ether oxygens (including phenoxy) is 1. The quantitative estimate of drug-likeness (QED) is 0.784. The molecule has 1 amide bonds. The molecular formula is C16H17NO3. The number of carbonyl (C=O) groups excluding carboxylic acids is 1. The summed E-state index contributed by atoms with van der Waals surface area (Å²) in [5.74, 6) is 0.605. The molecule has 4 nitrogen and oxygen atoms in total. The molecule has 0 spiro atoms. The van der Waals surface area contributed by atoms with Gasteiger partial charge in [0, 0.05) is 12.5 Å². The Balaban J connectivity index is 2.17. The fraction of sp³-hybridized carbons (Fsp3) is 0.188. The fourth-order valence-corrected chi connectivity index (χ4v) is 1.91. The van der Waals surface area contributed by atoms with Crippen molar-refractivity contribution in [1.82, 2.24) is 0 Å². The molecule has 2 rings (SSSR count). The van der Waals surface area contributed by atoms with E-state index in [2.05, 4.69) is 0 Å². The number of benzene rings is 2. The first-order chi connectivity index (χ1) is 9.72. The van der Waals surface area contributed by atoms with Crippen molar-refractivity contribution in [3.05, 3.63) is 60.2 Å². The molecule has 0 unspecified atom stereocenters. The third kappa shape index (κ3) is 3.36. The molecule has 2 aromatic rings. The molecular weight excluding hydrogens is 254 g/mol. The van der Waals surface area contributed by atoms with Crippen LogP contribution in [-0.4, -0.2) is 13.0 Å². The lowest BCUT2D eigenvalue weighted by Crippen LogP contribution is -2.28. The Bertz CT molecular complexity index is 569. The summed E-state index contributed by atoms with van der Waals surface area (Å²) in [4.78, 5) is 16.7. The monoisotopic (exact) mass is 271 g/mol. The molecule has 0 N–H and O–H groups in total. The lowest BCUT2D eigenvalue weighted by Gasteiger charge is -2.21. The van der Waals surface area contributed by atoms with Gasteiger partial charge in [0.1, 0.15) is 12.4 Å². The van der Waals surface area contributed by atoms with E-state index >= 15 is 0 Å². The van der Waals surface area contributed by atoms with Crippen LogP contribution in [-0.2, 0) is 16.2 Å². The van der Waals surface area contributed by atoms with Gasteiger partial charge in [0.2, 0.25) is 5.91 Å². The molecule has 0 aliphatic heterocycles. The maximum absolute atomic E-state index is 11.6. The zero-order chi connectivity index (χ0) is 14.4. The van der Waals surface area contributed by atoms with Crippen molar-refractivity contribution in [3.8, 4) is 5.75 Å². The molecule has 4 heteroatoms. The van der Waals surface area contributed by atoms with E-state index in [0.717, 1.165) is 11.3 Å². The Hall–Kier alpha value is -2.33. The number of amides is 1. The number of para-hydroxylation sites is 2. The minimum atomic E-state index is -0.181. The van der Waals surface area contributed by atoms with Gasteiger partial charge < -0.3 is 4.74 Å². The zero-order valence-corrected chi connectivity index (χ0v) is 11.6. The molecule has 0 heterocycles. The Morgan fingerprint density at radius 3 is 2.35 bits per heavy atom. The highest BCUT2D eigenvalue weighted by molar-refractivity contribution is 5.90. The number of hydroxylamine groups is 1. The van der Waals surface area contributed by atoms with Crippen molar-refractivity contribution in [3.63, 3.8) is 0 Å². The average molecular weight is 271 g/mol. The van der Waals surface area contributed by atoms with Crippen LogP contribution in [0.3, 0.4) is 0 Å². The van der Waals surface area contributed by atoms with E-state index in [1.165, 1.54) is 19.1 Å². The molecule has 104 valence electrons. The number of hydrogen-bond acceptors (Lipinski definition) is 3. The molecule has 0 saturated heterocycles. The standard InChI is InChI=1S/C16H17NO3/c1-13(18)17(19-2)16-11-7-6-8-14(16)12-20-15-9-4-3-5-10-15/h3-11H,12H2,1-2H3. The Morgan fingerprint density at radius 1 is 1.05 bits per heavy atom. The van der Waals surface area contributed by atoms with Crippen LogP contribution in [0.2, 0.25) is 0 Å². The van der Waals surface area contributed by atoms with Crippen molar-refractivity contribution < 1.29 is 14.4 Å². The summed E-state index contributed by atoms with van der Waals surface area (Å²) >= 11 is 0. The van der Waals surface area contributed by atoms with Crippen molar-refractivity contribution in [2.45, 2.75) is 13.5 Å². The molecule has 0 bridgehead atoms. The molecule has 0 atom stereocenters. The van der Waals surface area contributed by atoms with Gasteiger partial charge in [-0.2, -0.15) is 5.06 Å². The molecule has 2 aromatic carbocycles. The number of hydrogen-bond donors (Lipinski definition) is 0. The topological polar surface area (TPSA) is 38.8 Å².